The second-order valence-electron chi connectivity index (χ2n) is 4.83. The molecule has 0 spiro atoms. The van der Waals surface area contributed by atoms with Crippen molar-refractivity contribution in [3.05, 3.63) is 18.2 Å². The average molecular weight is 300 g/mol. The Hall–Kier alpha value is -1.80. The lowest BCUT2D eigenvalue weighted by Crippen LogP contribution is -2.40. The molecule has 1 atom stereocenters. The Kier molecular flexibility index (Phi) is 4.96. The number of nitrogens with two attached hydrogens (primary N) is 2. The van der Waals surface area contributed by atoms with E-state index in [0.29, 0.717) is 5.69 Å². The standard InChI is InChI=1S/C12H20N4O3S/c1-7(2)15-12(17)8(3)16-9-4-5-11(10(13)6-9)20(14,18)19/h4-8,16H,13H2,1-3H3,(H,15,17)(H2,14,18,19). The molecule has 0 radical (unpaired) electrons. The van der Waals surface area contributed by atoms with Crippen LogP contribution >= 0.6 is 0 Å². The summed E-state index contributed by atoms with van der Waals surface area (Å²) >= 11 is 0. The van der Waals surface area contributed by atoms with Gasteiger partial charge in [0.1, 0.15) is 10.9 Å². The van der Waals surface area contributed by atoms with E-state index in [1.54, 1.807) is 6.92 Å². The number of rotatable bonds is 5. The lowest BCUT2D eigenvalue weighted by atomic mass is 10.2. The van der Waals surface area contributed by atoms with E-state index in [1.807, 2.05) is 13.8 Å². The van der Waals surface area contributed by atoms with E-state index < -0.39 is 16.1 Å². The van der Waals surface area contributed by atoms with Gasteiger partial charge in [0.2, 0.25) is 15.9 Å². The van der Waals surface area contributed by atoms with Gasteiger partial charge in [-0.2, -0.15) is 0 Å². The van der Waals surface area contributed by atoms with Crippen LogP contribution in [0, 0.1) is 0 Å². The fraction of sp³-hybridized carbons (Fsp3) is 0.417. The number of nitrogens with one attached hydrogen (secondary N) is 2. The maximum Gasteiger partial charge on any atom is 0.242 e. The summed E-state index contributed by atoms with van der Waals surface area (Å²) in [6.07, 6.45) is 0. The topological polar surface area (TPSA) is 127 Å². The molecule has 0 aliphatic heterocycles. The smallest absolute Gasteiger partial charge is 0.242 e. The number of sulfonamides is 1. The molecule has 0 fully saturated rings. The van der Waals surface area contributed by atoms with Crippen molar-refractivity contribution in [1.82, 2.24) is 5.32 Å². The van der Waals surface area contributed by atoms with Crippen LogP contribution in [0.5, 0.6) is 0 Å². The number of amides is 1. The first-order valence-electron chi connectivity index (χ1n) is 6.10. The molecule has 1 aromatic carbocycles. The molecule has 0 saturated heterocycles. The molecule has 0 aliphatic carbocycles. The van der Waals surface area contributed by atoms with Crippen LogP contribution in [0.3, 0.4) is 0 Å². The van der Waals surface area contributed by atoms with Crippen LogP contribution in [-0.2, 0) is 14.8 Å². The average Bonchev–Trinajstić information content (AvgIpc) is 2.26. The second kappa shape index (κ2) is 6.10. The van der Waals surface area contributed by atoms with Crippen molar-refractivity contribution < 1.29 is 13.2 Å². The molecular weight excluding hydrogens is 280 g/mol. The number of hydrogen-bond donors (Lipinski definition) is 4. The highest BCUT2D eigenvalue weighted by molar-refractivity contribution is 7.89. The van der Waals surface area contributed by atoms with Crippen LogP contribution in [0.25, 0.3) is 0 Å². The molecule has 1 aromatic rings. The van der Waals surface area contributed by atoms with Gasteiger partial charge in [-0.1, -0.05) is 0 Å². The Labute approximate surface area is 118 Å². The summed E-state index contributed by atoms with van der Waals surface area (Å²) in [7, 11) is -3.84. The zero-order chi connectivity index (χ0) is 15.5. The zero-order valence-electron chi connectivity index (χ0n) is 11.7. The molecule has 0 saturated carbocycles. The fourth-order valence-electron chi connectivity index (χ4n) is 1.62. The molecule has 0 aromatic heterocycles. The van der Waals surface area contributed by atoms with E-state index in [9.17, 15) is 13.2 Å². The van der Waals surface area contributed by atoms with Gasteiger partial charge in [-0.15, -0.1) is 0 Å². The SMILES string of the molecule is CC(C)NC(=O)C(C)Nc1ccc(S(N)(=O)=O)c(N)c1. The lowest BCUT2D eigenvalue weighted by molar-refractivity contribution is -0.122. The highest BCUT2D eigenvalue weighted by Gasteiger charge is 2.16. The van der Waals surface area contributed by atoms with Gasteiger partial charge < -0.3 is 16.4 Å². The maximum absolute atomic E-state index is 11.7. The van der Waals surface area contributed by atoms with E-state index in [1.165, 1.54) is 18.2 Å². The van der Waals surface area contributed by atoms with Crippen LogP contribution in [0.4, 0.5) is 11.4 Å². The Morgan fingerprint density at radius 2 is 1.85 bits per heavy atom. The Morgan fingerprint density at radius 1 is 1.25 bits per heavy atom. The largest absolute Gasteiger partial charge is 0.398 e. The van der Waals surface area contributed by atoms with E-state index in [0.717, 1.165) is 0 Å². The number of carbonyl (C=O) groups excluding carboxylic acids is 1. The highest BCUT2D eigenvalue weighted by Crippen LogP contribution is 2.21. The van der Waals surface area contributed by atoms with Crippen molar-refractivity contribution >= 4 is 27.3 Å². The normalized spacial score (nSPS) is 13.1. The zero-order valence-corrected chi connectivity index (χ0v) is 12.5. The van der Waals surface area contributed by atoms with Crippen LogP contribution < -0.4 is 21.5 Å². The van der Waals surface area contributed by atoms with E-state index in [-0.39, 0.29) is 22.5 Å². The quantitative estimate of drug-likeness (QED) is 0.579. The summed E-state index contributed by atoms with van der Waals surface area (Å²) < 4.78 is 22.5. The lowest BCUT2D eigenvalue weighted by Gasteiger charge is -2.17. The first-order valence-corrected chi connectivity index (χ1v) is 7.65. The maximum atomic E-state index is 11.7. The van der Waals surface area contributed by atoms with Crippen molar-refractivity contribution in [1.29, 1.82) is 0 Å². The number of primary sulfonamides is 1. The first kappa shape index (κ1) is 16.3. The molecule has 0 bridgehead atoms. The number of anilines is 2. The second-order valence-corrected chi connectivity index (χ2v) is 6.36. The Bertz CT molecular complexity index is 599. The molecule has 1 amide bonds. The molecule has 1 unspecified atom stereocenters. The van der Waals surface area contributed by atoms with Gasteiger partial charge in [0.25, 0.3) is 0 Å². The molecule has 7 nitrogen and oxygen atoms in total. The predicted octanol–water partition coefficient (Wildman–Crippen LogP) is 0.241. The highest BCUT2D eigenvalue weighted by atomic mass is 32.2. The number of benzene rings is 1. The van der Waals surface area contributed by atoms with Gasteiger partial charge in [-0.3, -0.25) is 4.79 Å². The first-order chi connectivity index (χ1) is 9.11. The number of hydrogen-bond acceptors (Lipinski definition) is 5. The molecule has 20 heavy (non-hydrogen) atoms. The predicted molar refractivity (Wildman–Crippen MR) is 78.6 cm³/mol. The van der Waals surface area contributed by atoms with Gasteiger partial charge in [0.05, 0.1) is 5.69 Å². The summed E-state index contributed by atoms with van der Waals surface area (Å²) in [5, 5.41) is 10.7. The molecule has 6 N–H and O–H groups in total. The molecule has 0 aliphatic rings. The van der Waals surface area contributed by atoms with Gasteiger partial charge in [0.15, 0.2) is 0 Å². The van der Waals surface area contributed by atoms with E-state index in [4.69, 9.17) is 10.9 Å². The Balaban J connectivity index is 2.85. The van der Waals surface area contributed by atoms with Crippen molar-refractivity contribution in [2.75, 3.05) is 11.1 Å². The molecule has 112 valence electrons. The third-order valence-electron chi connectivity index (χ3n) is 2.52. The van der Waals surface area contributed by atoms with Gasteiger partial charge in [-0.25, -0.2) is 13.6 Å². The number of carbonyl (C=O) groups is 1. The third kappa shape index (κ3) is 4.39. The summed E-state index contributed by atoms with van der Waals surface area (Å²) in [6, 6.07) is 3.81. The monoisotopic (exact) mass is 300 g/mol. The molecular formula is C12H20N4O3S. The molecule has 0 heterocycles. The fourth-order valence-corrected chi connectivity index (χ4v) is 2.27. The Morgan fingerprint density at radius 3 is 2.30 bits per heavy atom. The van der Waals surface area contributed by atoms with Crippen molar-refractivity contribution in [3.63, 3.8) is 0 Å². The van der Waals surface area contributed by atoms with Gasteiger partial charge in [-0.05, 0) is 39.0 Å². The summed E-state index contributed by atoms with van der Waals surface area (Å²) in [5.74, 6) is -0.158. The molecule has 8 heteroatoms. The third-order valence-corrected chi connectivity index (χ3v) is 3.51. The van der Waals surface area contributed by atoms with Crippen LogP contribution in [0.2, 0.25) is 0 Å². The summed E-state index contributed by atoms with van der Waals surface area (Å²) in [5.41, 5.74) is 6.22. The van der Waals surface area contributed by atoms with Gasteiger partial charge >= 0.3 is 0 Å². The van der Waals surface area contributed by atoms with Crippen LogP contribution in [0.1, 0.15) is 20.8 Å². The van der Waals surface area contributed by atoms with E-state index >= 15 is 0 Å². The van der Waals surface area contributed by atoms with Crippen molar-refractivity contribution in [2.45, 2.75) is 37.8 Å². The minimum atomic E-state index is -3.84. The summed E-state index contributed by atoms with van der Waals surface area (Å²) in [4.78, 5) is 11.6. The van der Waals surface area contributed by atoms with Gasteiger partial charge in [0, 0.05) is 11.7 Å². The molecule has 1 rings (SSSR count). The summed E-state index contributed by atoms with van der Waals surface area (Å²) in [6.45, 7) is 5.43. The minimum Gasteiger partial charge on any atom is -0.398 e. The minimum absolute atomic E-state index is 0.0361. The van der Waals surface area contributed by atoms with Crippen molar-refractivity contribution in [2.24, 2.45) is 5.14 Å². The van der Waals surface area contributed by atoms with Crippen LogP contribution in [0.15, 0.2) is 23.1 Å². The number of nitrogen functional groups attached to an aromatic ring is 1. The van der Waals surface area contributed by atoms with E-state index in [2.05, 4.69) is 10.6 Å². The van der Waals surface area contributed by atoms with Crippen molar-refractivity contribution in [3.8, 4) is 0 Å². The van der Waals surface area contributed by atoms with Crippen LogP contribution in [-0.4, -0.2) is 26.4 Å².